The van der Waals surface area contributed by atoms with Crippen LogP contribution in [0.4, 0.5) is 0 Å². The summed E-state index contributed by atoms with van der Waals surface area (Å²) in [5.41, 5.74) is 0.194. The standard InChI is InChI=1S/C7H11N3S/c11-4-7(2-1-3-7)10-6-8-5-9-10/h5-6,11H,1-4H2. The van der Waals surface area contributed by atoms with Gasteiger partial charge >= 0.3 is 0 Å². The molecule has 4 heteroatoms. The molecule has 0 saturated heterocycles. The second-order valence-electron chi connectivity index (χ2n) is 3.08. The maximum absolute atomic E-state index is 4.33. The summed E-state index contributed by atoms with van der Waals surface area (Å²) < 4.78 is 1.95. The van der Waals surface area contributed by atoms with Crippen molar-refractivity contribution in [2.24, 2.45) is 0 Å². The van der Waals surface area contributed by atoms with Crippen molar-refractivity contribution in [2.75, 3.05) is 5.75 Å². The Hall–Kier alpha value is -0.510. The van der Waals surface area contributed by atoms with Crippen LogP contribution in [0.3, 0.4) is 0 Å². The summed E-state index contributed by atoms with van der Waals surface area (Å²) in [5.74, 6) is 0.871. The van der Waals surface area contributed by atoms with E-state index >= 15 is 0 Å². The number of aromatic nitrogens is 3. The molecule has 0 unspecified atom stereocenters. The van der Waals surface area contributed by atoms with Crippen molar-refractivity contribution < 1.29 is 0 Å². The molecule has 60 valence electrons. The van der Waals surface area contributed by atoms with E-state index < -0.39 is 0 Å². The van der Waals surface area contributed by atoms with E-state index in [9.17, 15) is 0 Å². The van der Waals surface area contributed by atoms with Gasteiger partial charge < -0.3 is 0 Å². The van der Waals surface area contributed by atoms with E-state index in [2.05, 4.69) is 22.7 Å². The van der Waals surface area contributed by atoms with Crippen LogP contribution in [-0.2, 0) is 5.54 Å². The van der Waals surface area contributed by atoms with E-state index in [1.165, 1.54) is 19.3 Å². The first-order valence-corrected chi connectivity index (χ1v) is 4.47. The molecule has 1 heterocycles. The summed E-state index contributed by atoms with van der Waals surface area (Å²) in [6.45, 7) is 0. The molecule has 11 heavy (non-hydrogen) atoms. The lowest BCUT2D eigenvalue weighted by Crippen LogP contribution is -2.42. The molecule has 0 aromatic carbocycles. The smallest absolute Gasteiger partial charge is 0.137 e. The zero-order valence-corrected chi connectivity index (χ0v) is 7.17. The molecule has 1 aromatic heterocycles. The number of thiol groups is 1. The van der Waals surface area contributed by atoms with Gasteiger partial charge in [0.25, 0.3) is 0 Å². The highest BCUT2D eigenvalue weighted by Crippen LogP contribution is 2.38. The molecule has 2 rings (SSSR count). The van der Waals surface area contributed by atoms with E-state index in [-0.39, 0.29) is 5.54 Å². The Balaban J connectivity index is 2.25. The topological polar surface area (TPSA) is 30.7 Å². The molecule has 0 atom stereocenters. The third kappa shape index (κ3) is 0.965. The first-order chi connectivity index (χ1) is 5.37. The predicted octanol–water partition coefficient (Wildman–Crippen LogP) is 1.09. The molecule has 3 nitrogen and oxygen atoms in total. The molecule has 0 aliphatic heterocycles. The molecule has 0 spiro atoms. The number of rotatable bonds is 2. The fraction of sp³-hybridized carbons (Fsp3) is 0.714. The fourth-order valence-corrected chi connectivity index (χ4v) is 1.96. The number of nitrogens with zero attached hydrogens (tertiary/aromatic N) is 3. The van der Waals surface area contributed by atoms with Crippen LogP contribution in [0.2, 0.25) is 0 Å². The van der Waals surface area contributed by atoms with Crippen LogP contribution in [0.1, 0.15) is 19.3 Å². The Kier molecular flexibility index (Phi) is 1.64. The molecule has 0 bridgehead atoms. The van der Waals surface area contributed by atoms with Gasteiger partial charge in [-0.15, -0.1) is 0 Å². The largest absolute Gasteiger partial charge is 0.246 e. The predicted molar refractivity (Wildman–Crippen MR) is 45.7 cm³/mol. The van der Waals surface area contributed by atoms with Gasteiger partial charge in [0.1, 0.15) is 12.7 Å². The minimum Gasteiger partial charge on any atom is -0.246 e. The average Bonchev–Trinajstić information content (AvgIpc) is 2.39. The highest BCUT2D eigenvalue weighted by atomic mass is 32.1. The Morgan fingerprint density at radius 3 is 2.73 bits per heavy atom. The van der Waals surface area contributed by atoms with E-state index in [1.807, 2.05) is 4.68 Å². The van der Waals surface area contributed by atoms with Gasteiger partial charge in [0, 0.05) is 5.75 Å². The van der Waals surface area contributed by atoms with Crippen molar-refractivity contribution in [2.45, 2.75) is 24.8 Å². The summed E-state index contributed by atoms with van der Waals surface area (Å²) in [7, 11) is 0. The lowest BCUT2D eigenvalue weighted by atomic mass is 9.78. The highest BCUT2D eigenvalue weighted by molar-refractivity contribution is 7.80. The molecule has 1 aliphatic carbocycles. The van der Waals surface area contributed by atoms with Crippen LogP contribution < -0.4 is 0 Å². The van der Waals surface area contributed by atoms with Gasteiger partial charge in [-0.2, -0.15) is 17.7 Å². The molecular formula is C7H11N3S. The Labute approximate surface area is 71.2 Å². The van der Waals surface area contributed by atoms with Gasteiger partial charge in [-0.3, -0.25) is 0 Å². The third-order valence-corrected chi connectivity index (χ3v) is 3.07. The van der Waals surface area contributed by atoms with Gasteiger partial charge in [0.15, 0.2) is 0 Å². The SMILES string of the molecule is SCC1(n2cncn2)CCC1. The Morgan fingerprint density at radius 2 is 2.36 bits per heavy atom. The quantitative estimate of drug-likeness (QED) is 0.672. The molecule has 1 saturated carbocycles. The zero-order chi connectivity index (χ0) is 7.73. The van der Waals surface area contributed by atoms with Gasteiger partial charge in [0.05, 0.1) is 5.54 Å². The van der Waals surface area contributed by atoms with Crippen molar-refractivity contribution in [1.29, 1.82) is 0 Å². The fourth-order valence-electron chi connectivity index (χ4n) is 1.50. The van der Waals surface area contributed by atoms with Crippen molar-refractivity contribution in [3.8, 4) is 0 Å². The van der Waals surface area contributed by atoms with Crippen molar-refractivity contribution >= 4 is 12.6 Å². The summed E-state index contributed by atoms with van der Waals surface area (Å²) in [5, 5.41) is 4.14. The van der Waals surface area contributed by atoms with E-state index in [4.69, 9.17) is 0 Å². The molecule has 1 fully saturated rings. The second kappa shape index (κ2) is 2.52. The van der Waals surface area contributed by atoms with Gasteiger partial charge in [-0.1, -0.05) is 0 Å². The first-order valence-electron chi connectivity index (χ1n) is 3.83. The number of hydrogen-bond donors (Lipinski definition) is 1. The minimum absolute atomic E-state index is 0.194. The Bertz CT molecular complexity index is 222. The van der Waals surface area contributed by atoms with Crippen LogP contribution >= 0.6 is 12.6 Å². The molecule has 0 radical (unpaired) electrons. The molecule has 0 amide bonds. The van der Waals surface area contributed by atoms with E-state index in [0.717, 1.165) is 5.75 Å². The molecule has 1 aliphatic rings. The van der Waals surface area contributed by atoms with Gasteiger partial charge in [-0.25, -0.2) is 9.67 Å². The summed E-state index contributed by atoms with van der Waals surface area (Å²) in [6, 6.07) is 0. The van der Waals surface area contributed by atoms with Crippen LogP contribution in [-0.4, -0.2) is 20.5 Å². The van der Waals surface area contributed by atoms with Crippen LogP contribution in [0, 0.1) is 0 Å². The zero-order valence-electron chi connectivity index (χ0n) is 6.27. The maximum atomic E-state index is 4.33. The summed E-state index contributed by atoms with van der Waals surface area (Å²) >= 11 is 4.33. The van der Waals surface area contributed by atoms with Crippen molar-refractivity contribution in [1.82, 2.24) is 14.8 Å². The molecule has 0 N–H and O–H groups in total. The normalized spacial score (nSPS) is 21.2. The van der Waals surface area contributed by atoms with Crippen LogP contribution in [0.5, 0.6) is 0 Å². The van der Waals surface area contributed by atoms with Gasteiger partial charge in [-0.05, 0) is 19.3 Å². The van der Waals surface area contributed by atoms with Crippen molar-refractivity contribution in [3.63, 3.8) is 0 Å². The molecular weight excluding hydrogens is 158 g/mol. The van der Waals surface area contributed by atoms with Crippen molar-refractivity contribution in [3.05, 3.63) is 12.7 Å². The lowest BCUT2D eigenvalue weighted by molar-refractivity contribution is 0.155. The average molecular weight is 169 g/mol. The Morgan fingerprint density at radius 1 is 1.55 bits per heavy atom. The summed E-state index contributed by atoms with van der Waals surface area (Å²) in [4.78, 5) is 3.94. The maximum Gasteiger partial charge on any atom is 0.137 e. The minimum atomic E-state index is 0.194. The second-order valence-corrected chi connectivity index (χ2v) is 3.39. The highest BCUT2D eigenvalue weighted by Gasteiger charge is 2.38. The molecule has 1 aromatic rings. The van der Waals surface area contributed by atoms with E-state index in [1.54, 1.807) is 12.7 Å². The summed E-state index contributed by atoms with van der Waals surface area (Å²) in [6.07, 6.45) is 7.05. The lowest BCUT2D eigenvalue weighted by Gasteiger charge is -2.40. The number of hydrogen-bond acceptors (Lipinski definition) is 3. The van der Waals surface area contributed by atoms with Crippen LogP contribution in [0.15, 0.2) is 12.7 Å². The first kappa shape index (κ1) is 7.16. The third-order valence-electron chi connectivity index (χ3n) is 2.48. The monoisotopic (exact) mass is 169 g/mol. The van der Waals surface area contributed by atoms with Crippen LogP contribution in [0.25, 0.3) is 0 Å². The van der Waals surface area contributed by atoms with Gasteiger partial charge in [0.2, 0.25) is 0 Å². The van der Waals surface area contributed by atoms with E-state index in [0.29, 0.717) is 0 Å².